The molecule has 0 atom stereocenters. The van der Waals surface area contributed by atoms with Crippen molar-refractivity contribution in [3.63, 3.8) is 0 Å². The van der Waals surface area contributed by atoms with Gasteiger partial charge in [0.25, 0.3) is 10.0 Å². The molecule has 0 unspecified atom stereocenters. The minimum atomic E-state index is -4.05. The first kappa shape index (κ1) is 27.0. The Hall–Kier alpha value is -5.22. The standard InChI is InChI=1S/C32H28N6O3S/c1-3-37-20-29(31(36-37)23-9-13-24(33)14-10-23)27-17-18-34-32-28(27)19-30(22-11-15-25(16-12-22)35-21(2)39)38(32)42(40,41)26-7-5-4-6-8-26/h4-20H,3,33H2,1-2H3,(H,35,39). The van der Waals surface area contributed by atoms with E-state index in [9.17, 15) is 13.2 Å². The number of nitrogens with two attached hydrogens (primary N) is 1. The fourth-order valence-corrected chi connectivity index (χ4v) is 6.52. The number of fused-ring (bicyclic) bond motifs is 1. The Labute approximate surface area is 243 Å². The van der Waals surface area contributed by atoms with Crippen molar-refractivity contribution in [3.05, 3.63) is 103 Å². The Kier molecular flexibility index (Phi) is 6.83. The highest BCUT2D eigenvalue weighted by molar-refractivity contribution is 7.90. The van der Waals surface area contributed by atoms with E-state index in [1.165, 1.54) is 10.9 Å². The van der Waals surface area contributed by atoms with Crippen molar-refractivity contribution in [1.82, 2.24) is 18.7 Å². The number of pyridine rings is 1. The molecular formula is C32H28N6O3S. The lowest BCUT2D eigenvalue weighted by atomic mass is 10.00. The SMILES string of the molecule is CCn1cc(-c2ccnc3c2cc(-c2ccc(NC(C)=O)cc2)n3S(=O)(=O)c2ccccc2)c(-c2ccc(N)cc2)n1. The van der Waals surface area contributed by atoms with Gasteiger partial charge in [-0.3, -0.25) is 9.48 Å². The molecule has 0 aliphatic rings. The lowest BCUT2D eigenvalue weighted by Crippen LogP contribution is -2.14. The van der Waals surface area contributed by atoms with Gasteiger partial charge >= 0.3 is 0 Å². The molecule has 0 spiro atoms. The molecule has 3 aromatic heterocycles. The molecule has 3 heterocycles. The van der Waals surface area contributed by atoms with Gasteiger partial charge in [-0.05, 0) is 66.6 Å². The number of aromatic nitrogens is 4. The van der Waals surface area contributed by atoms with Crippen LogP contribution in [0.15, 0.2) is 108 Å². The van der Waals surface area contributed by atoms with E-state index >= 15 is 0 Å². The molecule has 3 aromatic carbocycles. The van der Waals surface area contributed by atoms with E-state index < -0.39 is 10.0 Å². The molecule has 0 fully saturated rings. The first-order valence-electron chi connectivity index (χ1n) is 13.4. The summed E-state index contributed by atoms with van der Waals surface area (Å²) in [5.41, 5.74) is 11.9. The van der Waals surface area contributed by atoms with Gasteiger partial charge in [-0.25, -0.2) is 17.4 Å². The summed E-state index contributed by atoms with van der Waals surface area (Å²) in [4.78, 5) is 16.3. The third-order valence-corrected chi connectivity index (χ3v) is 8.72. The zero-order valence-electron chi connectivity index (χ0n) is 23.0. The van der Waals surface area contributed by atoms with E-state index in [0.29, 0.717) is 40.2 Å². The van der Waals surface area contributed by atoms with Crippen LogP contribution in [0.3, 0.4) is 0 Å². The van der Waals surface area contributed by atoms with Gasteiger partial charge in [0, 0.05) is 53.8 Å². The van der Waals surface area contributed by atoms with Crippen LogP contribution in [0.1, 0.15) is 13.8 Å². The summed E-state index contributed by atoms with van der Waals surface area (Å²) >= 11 is 0. The Morgan fingerprint density at radius 3 is 2.26 bits per heavy atom. The van der Waals surface area contributed by atoms with Crippen LogP contribution in [0.5, 0.6) is 0 Å². The first-order chi connectivity index (χ1) is 20.3. The van der Waals surface area contributed by atoms with Crippen molar-refractivity contribution in [2.75, 3.05) is 11.1 Å². The van der Waals surface area contributed by atoms with Gasteiger partial charge in [-0.1, -0.05) is 42.5 Å². The summed E-state index contributed by atoms with van der Waals surface area (Å²) in [6, 6.07) is 26.6. The molecule has 0 saturated carbocycles. The third-order valence-electron chi connectivity index (χ3n) is 7.00. The number of aryl methyl sites for hydroxylation is 1. The number of carbonyl (C=O) groups excluding carboxylic acids is 1. The normalized spacial score (nSPS) is 11.6. The molecule has 10 heteroatoms. The monoisotopic (exact) mass is 576 g/mol. The number of hydrogen-bond acceptors (Lipinski definition) is 6. The molecule has 6 rings (SSSR count). The molecule has 0 aliphatic heterocycles. The van der Waals surface area contributed by atoms with Gasteiger partial charge in [-0.2, -0.15) is 5.10 Å². The number of hydrogen-bond donors (Lipinski definition) is 2. The van der Waals surface area contributed by atoms with Crippen LogP contribution in [0.4, 0.5) is 11.4 Å². The van der Waals surface area contributed by atoms with Crippen LogP contribution in [-0.2, 0) is 21.4 Å². The Morgan fingerprint density at radius 1 is 0.905 bits per heavy atom. The van der Waals surface area contributed by atoms with Crippen molar-refractivity contribution in [3.8, 4) is 33.6 Å². The predicted molar refractivity (Wildman–Crippen MR) is 165 cm³/mol. The average molecular weight is 577 g/mol. The number of carbonyl (C=O) groups is 1. The Balaban J connectivity index is 1.62. The number of anilines is 2. The molecule has 210 valence electrons. The summed E-state index contributed by atoms with van der Waals surface area (Å²) in [6.07, 6.45) is 3.58. The van der Waals surface area contributed by atoms with Crippen LogP contribution in [0.25, 0.3) is 44.7 Å². The molecule has 0 aliphatic carbocycles. The van der Waals surface area contributed by atoms with E-state index in [1.807, 2.05) is 54.2 Å². The number of nitrogens with zero attached hydrogens (tertiary/aromatic N) is 4. The van der Waals surface area contributed by atoms with Crippen LogP contribution in [0.2, 0.25) is 0 Å². The summed E-state index contributed by atoms with van der Waals surface area (Å²) in [5, 5.41) is 8.23. The molecule has 42 heavy (non-hydrogen) atoms. The predicted octanol–water partition coefficient (Wildman–Crippen LogP) is 6.03. The highest BCUT2D eigenvalue weighted by Gasteiger charge is 2.27. The number of nitrogen functional groups attached to an aromatic ring is 1. The van der Waals surface area contributed by atoms with E-state index in [-0.39, 0.29) is 10.8 Å². The number of benzene rings is 3. The zero-order valence-corrected chi connectivity index (χ0v) is 23.8. The van der Waals surface area contributed by atoms with E-state index in [0.717, 1.165) is 22.4 Å². The fourth-order valence-electron chi connectivity index (χ4n) is 5.01. The molecule has 3 N–H and O–H groups in total. The minimum absolute atomic E-state index is 0.146. The second kappa shape index (κ2) is 10.6. The smallest absolute Gasteiger partial charge is 0.269 e. The van der Waals surface area contributed by atoms with Crippen molar-refractivity contribution < 1.29 is 13.2 Å². The molecule has 0 radical (unpaired) electrons. The third kappa shape index (κ3) is 4.82. The summed E-state index contributed by atoms with van der Waals surface area (Å²) in [7, 11) is -4.05. The second-order valence-corrected chi connectivity index (χ2v) is 11.6. The molecule has 0 saturated heterocycles. The molecular weight excluding hydrogens is 548 g/mol. The lowest BCUT2D eigenvalue weighted by molar-refractivity contribution is -0.114. The van der Waals surface area contributed by atoms with Gasteiger partial charge < -0.3 is 11.1 Å². The van der Waals surface area contributed by atoms with Crippen LogP contribution < -0.4 is 11.1 Å². The number of nitrogens with one attached hydrogen (secondary N) is 1. The summed E-state index contributed by atoms with van der Waals surface area (Å²) < 4.78 is 31.5. The van der Waals surface area contributed by atoms with Gasteiger partial charge in [0.1, 0.15) is 5.69 Å². The number of amides is 1. The highest BCUT2D eigenvalue weighted by Crippen LogP contribution is 2.39. The van der Waals surface area contributed by atoms with E-state index in [4.69, 9.17) is 10.8 Å². The van der Waals surface area contributed by atoms with Crippen molar-refractivity contribution in [2.45, 2.75) is 25.3 Å². The van der Waals surface area contributed by atoms with E-state index in [2.05, 4.69) is 10.3 Å². The minimum Gasteiger partial charge on any atom is -0.399 e. The van der Waals surface area contributed by atoms with Crippen LogP contribution >= 0.6 is 0 Å². The van der Waals surface area contributed by atoms with Crippen molar-refractivity contribution >= 4 is 38.3 Å². The van der Waals surface area contributed by atoms with Gasteiger partial charge in [0.05, 0.1) is 10.6 Å². The fraction of sp³-hybridized carbons (Fsp3) is 0.0938. The first-order valence-corrected chi connectivity index (χ1v) is 14.8. The molecule has 0 bridgehead atoms. The maximum Gasteiger partial charge on any atom is 0.269 e. The Bertz CT molecular complexity index is 2030. The second-order valence-electron chi connectivity index (χ2n) is 9.84. The van der Waals surface area contributed by atoms with Gasteiger partial charge in [0.2, 0.25) is 5.91 Å². The lowest BCUT2D eigenvalue weighted by Gasteiger charge is -2.12. The van der Waals surface area contributed by atoms with Crippen molar-refractivity contribution in [1.29, 1.82) is 0 Å². The topological polar surface area (TPSA) is 125 Å². The number of rotatable bonds is 7. The maximum atomic E-state index is 14.2. The van der Waals surface area contributed by atoms with Crippen LogP contribution in [-0.4, -0.2) is 33.1 Å². The maximum absolute atomic E-state index is 14.2. The van der Waals surface area contributed by atoms with E-state index in [1.54, 1.807) is 60.8 Å². The Morgan fingerprint density at radius 2 is 1.60 bits per heavy atom. The quantitative estimate of drug-likeness (QED) is 0.224. The van der Waals surface area contributed by atoms with Gasteiger partial charge in [-0.15, -0.1) is 0 Å². The molecule has 1 amide bonds. The zero-order chi connectivity index (χ0) is 29.4. The van der Waals surface area contributed by atoms with Gasteiger partial charge in [0.15, 0.2) is 5.65 Å². The van der Waals surface area contributed by atoms with Crippen molar-refractivity contribution in [2.24, 2.45) is 0 Å². The molecule has 9 nitrogen and oxygen atoms in total. The average Bonchev–Trinajstić information content (AvgIpc) is 3.61. The largest absolute Gasteiger partial charge is 0.399 e. The van der Waals surface area contributed by atoms with Crippen LogP contribution in [0, 0.1) is 0 Å². The summed E-state index contributed by atoms with van der Waals surface area (Å²) in [5.74, 6) is -0.193. The highest BCUT2D eigenvalue weighted by atomic mass is 32.2. The summed E-state index contributed by atoms with van der Waals surface area (Å²) in [6.45, 7) is 4.10. The molecule has 6 aromatic rings.